The molecule has 0 bridgehead atoms. The summed E-state index contributed by atoms with van der Waals surface area (Å²) < 4.78 is 5.31. The Morgan fingerprint density at radius 2 is 2.10 bits per heavy atom. The van der Waals surface area contributed by atoms with Crippen molar-refractivity contribution in [3.8, 4) is 12.3 Å². The molecular formula is C8H15NO. The molecule has 0 aliphatic rings. The van der Waals surface area contributed by atoms with Crippen LogP contribution in [0.5, 0.6) is 0 Å². The van der Waals surface area contributed by atoms with Gasteiger partial charge in [-0.1, -0.05) is 5.92 Å². The Bertz CT molecular complexity index is 129. The third kappa shape index (κ3) is 5.61. The Kier molecular flexibility index (Phi) is 3.41. The van der Waals surface area contributed by atoms with Crippen LogP contribution in [0, 0.1) is 12.3 Å². The average Bonchev–Trinajstić information content (AvgIpc) is 1.81. The van der Waals surface area contributed by atoms with Crippen molar-refractivity contribution < 1.29 is 4.74 Å². The highest BCUT2D eigenvalue weighted by Crippen LogP contribution is 2.05. The standard InChI is InChI=1S/C8H15NO/c1-5-7(9)6-10-8(2,3)4/h1,7H,6,9H2,2-4H3. The Morgan fingerprint density at radius 1 is 1.60 bits per heavy atom. The van der Waals surface area contributed by atoms with E-state index in [1.54, 1.807) is 0 Å². The molecule has 0 aromatic rings. The molecule has 0 radical (unpaired) electrons. The molecule has 0 saturated heterocycles. The minimum absolute atomic E-state index is 0.144. The minimum atomic E-state index is -0.278. The van der Waals surface area contributed by atoms with Crippen molar-refractivity contribution in [3.05, 3.63) is 0 Å². The van der Waals surface area contributed by atoms with Crippen LogP contribution < -0.4 is 5.73 Å². The fraction of sp³-hybridized carbons (Fsp3) is 0.750. The van der Waals surface area contributed by atoms with Crippen LogP contribution in [0.1, 0.15) is 20.8 Å². The molecule has 10 heavy (non-hydrogen) atoms. The summed E-state index contributed by atoms with van der Waals surface area (Å²) in [5, 5.41) is 0. The third-order valence-electron chi connectivity index (χ3n) is 0.910. The molecule has 0 aliphatic carbocycles. The molecule has 2 nitrogen and oxygen atoms in total. The summed E-state index contributed by atoms with van der Waals surface area (Å²) in [6, 6.07) is -0.278. The normalized spacial score (nSPS) is 14.3. The third-order valence-corrected chi connectivity index (χ3v) is 0.910. The lowest BCUT2D eigenvalue weighted by molar-refractivity contribution is -0.00425. The number of hydrogen-bond acceptors (Lipinski definition) is 2. The fourth-order valence-corrected chi connectivity index (χ4v) is 0.388. The first kappa shape index (κ1) is 9.48. The first-order chi connectivity index (χ1) is 4.45. The van der Waals surface area contributed by atoms with Crippen molar-refractivity contribution in [1.29, 1.82) is 0 Å². The highest BCUT2D eigenvalue weighted by Gasteiger charge is 2.10. The minimum Gasteiger partial charge on any atom is -0.373 e. The molecule has 1 atom stereocenters. The van der Waals surface area contributed by atoms with E-state index in [0.29, 0.717) is 6.61 Å². The van der Waals surface area contributed by atoms with Crippen LogP contribution in [0.2, 0.25) is 0 Å². The Labute approximate surface area is 62.7 Å². The van der Waals surface area contributed by atoms with Crippen molar-refractivity contribution in [2.24, 2.45) is 5.73 Å². The van der Waals surface area contributed by atoms with Gasteiger partial charge in [0.25, 0.3) is 0 Å². The first-order valence-corrected chi connectivity index (χ1v) is 3.31. The van der Waals surface area contributed by atoms with Crippen molar-refractivity contribution in [2.45, 2.75) is 32.4 Å². The lowest BCUT2D eigenvalue weighted by Crippen LogP contribution is -2.30. The smallest absolute Gasteiger partial charge is 0.0899 e. The van der Waals surface area contributed by atoms with Crippen LogP contribution in [-0.4, -0.2) is 18.2 Å². The molecule has 0 amide bonds. The zero-order valence-corrected chi connectivity index (χ0v) is 6.85. The van der Waals surface area contributed by atoms with Crippen LogP contribution in [0.4, 0.5) is 0 Å². The second-order valence-corrected chi connectivity index (χ2v) is 3.20. The van der Waals surface area contributed by atoms with Gasteiger partial charge in [0.1, 0.15) is 0 Å². The Balaban J connectivity index is 3.48. The molecule has 2 heteroatoms. The molecule has 1 unspecified atom stereocenters. The summed E-state index contributed by atoms with van der Waals surface area (Å²) in [4.78, 5) is 0. The zero-order chi connectivity index (χ0) is 8.20. The Hall–Kier alpha value is -0.520. The van der Waals surface area contributed by atoms with Crippen molar-refractivity contribution in [2.75, 3.05) is 6.61 Å². The molecule has 0 heterocycles. The van der Waals surface area contributed by atoms with E-state index in [1.807, 2.05) is 20.8 Å². The maximum atomic E-state index is 5.42. The van der Waals surface area contributed by atoms with Crippen LogP contribution in [0.15, 0.2) is 0 Å². The van der Waals surface area contributed by atoms with E-state index in [4.69, 9.17) is 16.9 Å². The van der Waals surface area contributed by atoms with E-state index >= 15 is 0 Å². The maximum Gasteiger partial charge on any atom is 0.0899 e. The second-order valence-electron chi connectivity index (χ2n) is 3.20. The topological polar surface area (TPSA) is 35.2 Å². The lowest BCUT2D eigenvalue weighted by Gasteiger charge is -2.20. The molecule has 0 aromatic heterocycles. The molecule has 0 saturated carbocycles. The van der Waals surface area contributed by atoms with E-state index < -0.39 is 0 Å². The molecule has 0 spiro atoms. The van der Waals surface area contributed by atoms with E-state index in [1.165, 1.54) is 0 Å². The largest absolute Gasteiger partial charge is 0.373 e. The van der Waals surface area contributed by atoms with Gasteiger partial charge in [-0.3, -0.25) is 0 Å². The summed E-state index contributed by atoms with van der Waals surface area (Å²) >= 11 is 0. The lowest BCUT2D eigenvalue weighted by atomic mass is 10.2. The summed E-state index contributed by atoms with van der Waals surface area (Å²) in [6.07, 6.45) is 5.05. The van der Waals surface area contributed by atoms with E-state index in [-0.39, 0.29) is 11.6 Å². The van der Waals surface area contributed by atoms with Gasteiger partial charge in [0.05, 0.1) is 18.2 Å². The van der Waals surface area contributed by atoms with Crippen LogP contribution in [-0.2, 0) is 4.74 Å². The summed E-state index contributed by atoms with van der Waals surface area (Å²) in [7, 11) is 0. The summed E-state index contributed by atoms with van der Waals surface area (Å²) in [5.41, 5.74) is 5.27. The number of terminal acetylenes is 1. The van der Waals surface area contributed by atoms with Gasteiger partial charge >= 0.3 is 0 Å². The SMILES string of the molecule is C#CC(N)COC(C)(C)C. The highest BCUT2D eigenvalue weighted by molar-refractivity contribution is 4.96. The van der Waals surface area contributed by atoms with Gasteiger partial charge in [-0.05, 0) is 20.8 Å². The van der Waals surface area contributed by atoms with Gasteiger partial charge < -0.3 is 10.5 Å². The van der Waals surface area contributed by atoms with Gasteiger partial charge in [0.2, 0.25) is 0 Å². The number of nitrogens with two attached hydrogens (primary N) is 1. The van der Waals surface area contributed by atoms with Crippen molar-refractivity contribution in [1.82, 2.24) is 0 Å². The predicted octanol–water partition coefficient (Wildman–Crippen LogP) is 0.762. The van der Waals surface area contributed by atoms with E-state index in [2.05, 4.69) is 5.92 Å². The summed E-state index contributed by atoms with van der Waals surface area (Å²) in [5.74, 6) is 2.39. The van der Waals surface area contributed by atoms with Gasteiger partial charge in [-0.2, -0.15) is 0 Å². The van der Waals surface area contributed by atoms with Gasteiger partial charge in [-0.15, -0.1) is 6.42 Å². The molecule has 0 aliphatic heterocycles. The van der Waals surface area contributed by atoms with Crippen LogP contribution in [0.3, 0.4) is 0 Å². The fourth-order valence-electron chi connectivity index (χ4n) is 0.388. The average molecular weight is 141 g/mol. The molecule has 0 aromatic carbocycles. The van der Waals surface area contributed by atoms with Crippen molar-refractivity contribution >= 4 is 0 Å². The second kappa shape index (κ2) is 3.60. The maximum absolute atomic E-state index is 5.42. The van der Waals surface area contributed by atoms with Gasteiger partial charge in [0, 0.05) is 0 Å². The number of hydrogen-bond donors (Lipinski definition) is 1. The number of rotatable bonds is 2. The quantitative estimate of drug-likeness (QED) is 0.576. The van der Waals surface area contributed by atoms with E-state index in [9.17, 15) is 0 Å². The zero-order valence-electron chi connectivity index (χ0n) is 6.85. The molecule has 2 N–H and O–H groups in total. The highest BCUT2D eigenvalue weighted by atomic mass is 16.5. The number of ether oxygens (including phenoxy) is 1. The molecule has 0 fully saturated rings. The van der Waals surface area contributed by atoms with Crippen molar-refractivity contribution in [3.63, 3.8) is 0 Å². The van der Waals surface area contributed by atoms with Gasteiger partial charge in [0.15, 0.2) is 0 Å². The van der Waals surface area contributed by atoms with Crippen LogP contribution >= 0.6 is 0 Å². The molecular weight excluding hydrogens is 126 g/mol. The molecule has 0 rings (SSSR count). The van der Waals surface area contributed by atoms with Gasteiger partial charge in [-0.25, -0.2) is 0 Å². The Morgan fingerprint density at radius 3 is 2.40 bits per heavy atom. The predicted molar refractivity (Wildman–Crippen MR) is 42.5 cm³/mol. The van der Waals surface area contributed by atoms with E-state index in [0.717, 1.165) is 0 Å². The van der Waals surface area contributed by atoms with Crippen LogP contribution in [0.25, 0.3) is 0 Å². The molecule has 58 valence electrons. The monoisotopic (exact) mass is 141 g/mol. The first-order valence-electron chi connectivity index (χ1n) is 3.31. The summed E-state index contributed by atoms with van der Waals surface area (Å²) in [6.45, 7) is 6.34.